The number of ether oxygens (including phenoxy) is 1. The first-order valence-electron chi connectivity index (χ1n) is 6.20. The van der Waals surface area contributed by atoms with Crippen molar-refractivity contribution in [2.24, 2.45) is 5.92 Å². The molecule has 1 aliphatic rings. The summed E-state index contributed by atoms with van der Waals surface area (Å²) in [6, 6.07) is 5.80. The van der Waals surface area contributed by atoms with Crippen LogP contribution in [0.25, 0.3) is 0 Å². The molecule has 1 aromatic heterocycles. The summed E-state index contributed by atoms with van der Waals surface area (Å²) in [6.45, 7) is 3.85. The molecule has 3 N–H and O–H groups in total. The number of rotatable bonds is 4. The summed E-state index contributed by atoms with van der Waals surface area (Å²) in [5.41, 5.74) is 6.09. The van der Waals surface area contributed by atoms with E-state index in [-0.39, 0.29) is 5.82 Å². The molecular formula is C13H18N4O. The number of pyridine rings is 1. The highest BCUT2D eigenvalue weighted by Crippen LogP contribution is 2.20. The number of hydrogen-bond acceptors (Lipinski definition) is 5. The van der Waals surface area contributed by atoms with Gasteiger partial charge >= 0.3 is 0 Å². The van der Waals surface area contributed by atoms with Crippen LogP contribution < -0.4 is 11.1 Å². The number of aromatic nitrogens is 1. The summed E-state index contributed by atoms with van der Waals surface area (Å²) < 4.78 is 5.36. The Hall–Kier alpha value is -1.80. The Morgan fingerprint density at radius 3 is 3.11 bits per heavy atom. The maximum Gasteiger partial charge on any atom is 0.143 e. The molecule has 5 nitrogen and oxygen atoms in total. The van der Waals surface area contributed by atoms with Gasteiger partial charge in [-0.3, -0.25) is 0 Å². The number of nitrogens with one attached hydrogen (secondary N) is 1. The molecule has 5 heteroatoms. The Morgan fingerprint density at radius 1 is 1.67 bits per heavy atom. The molecule has 0 saturated carbocycles. The fourth-order valence-electron chi connectivity index (χ4n) is 2.23. The number of nitrogens with zero attached hydrogens (tertiary/aromatic N) is 2. The van der Waals surface area contributed by atoms with Gasteiger partial charge in [0.15, 0.2) is 0 Å². The SMILES string of the molecule is CC(CC1CCOC1)Nc1ccc(C#N)c(N)n1. The largest absolute Gasteiger partial charge is 0.383 e. The molecule has 96 valence electrons. The Kier molecular flexibility index (Phi) is 4.00. The number of nitrogen functional groups attached to an aromatic ring is 1. The van der Waals surface area contributed by atoms with Crippen LogP contribution >= 0.6 is 0 Å². The van der Waals surface area contributed by atoms with E-state index >= 15 is 0 Å². The summed E-state index contributed by atoms with van der Waals surface area (Å²) in [4.78, 5) is 4.17. The maximum absolute atomic E-state index is 8.78. The fraction of sp³-hybridized carbons (Fsp3) is 0.538. The number of nitriles is 1. The lowest BCUT2D eigenvalue weighted by atomic mass is 10.0. The molecule has 1 aromatic rings. The summed E-state index contributed by atoms with van der Waals surface area (Å²) in [6.07, 6.45) is 2.19. The number of nitrogens with two attached hydrogens (primary N) is 1. The minimum Gasteiger partial charge on any atom is -0.383 e. The second-order valence-corrected chi connectivity index (χ2v) is 4.75. The fourth-order valence-corrected chi connectivity index (χ4v) is 2.23. The third-order valence-electron chi connectivity index (χ3n) is 3.15. The van der Waals surface area contributed by atoms with Crippen LogP contribution in [0.15, 0.2) is 12.1 Å². The highest BCUT2D eigenvalue weighted by Gasteiger charge is 2.18. The first kappa shape index (κ1) is 12.7. The second kappa shape index (κ2) is 5.69. The van der Waals surface area contributed by atoms with Gasteiger partial charge in [-0.1, -0.05) is 0 Å². The van der Waals surface area contributed by atoms with Crippen LogP contribution in [0, 0.1) is 17.2 Å². The van der Waals surface area contributed by atoms with Gasteiger partial charge in [0.05, 0.1) is 5.56 Å². The molecule has 0 bridgehead atoms. The monoisotopic (exact) mass is 246 g/mol. The van der Waals surface area contributed by atoms with E-state index in [4.69, 9.17) is 15.7 Å². The van der Waals surface area contributed by atoms with E-state index in [1.807, 2.05) is 6.07 Å². The zero-order valence-corrected chi connectivity index (χ0v) is 10.5. The average molecular weight is 246 g/mol. The quantitative estimate of drug-likeness (QED) is 0.845. The van der Waals surface area contributed by atoms with E-state index in [2.05, 4.69) is 17.2 Å². The van der Waals surface area contributed by atoms with E-state index in [9.17, 15) is 0 Å². The lowest BCUT2D eigenvalue weighted by Gasteiger charge is -2.17. The van der Waals surface area contributed by atoms with Gasteiger partial charge in [0.1, 0.15) is 17.7 Å². The Labute approximate surface area is 107 Å². The molecule has 18 heavy (non-hydrogen) atoms. The molecule has 2 unspecified atom stereocenters. The topological polar surface area (TPSA) is 84.0 Å². The van der Waals surface area contributed by atoms with Crippen LogP contribution in [0.4, 0.5) is 11.6 Å². The Bertz CT molecular complexity index is 449. The standard InChI is InChI=1S/C13H18N4O/c1-9(6-10-4-5-18-8-10)16-12-3-2-11(7-14)13(15)17-12/h2-3,9-10H,4-6,8H2,1H3,(H3,15,16,17). The molecule has 2 atom stereocenters. The van der Waals surface area contributed by atoms with Crippen molar-refractivity contribution in [3.8, 4) is 6.07 Å². The molecule has 2 heterocycles. The molecule has 2 rings (SSSR count). The summed E-state index contributed by atoms with van der Waals surface area (Å²) >= 11 is 0. The third kappa shape index (κ3) is 3.11. The molecule has 1 saturated heterocycles. The molecule has 0 aliphatic carbocycles. The number of hydrogen-bond donors (Lipinski definition) is 2. The summed E-state index contributed by atoms with van der Waals surface area (Å²) in [5.74, 6) is 1.63. The van der Waals surface area contributed by atoms with E-state index < -0.39 is 0 Å². The molecule has 0 spiro atoms. The van der Waals surface area contributed by atoms with Gasteiger partial charge in [-0.15, -0.1) is 0 Å². The average Bonchev–Trinajstić information content (AvgIpc) is 2.82. The van der Waals surface area contributed by atoms with Gasteiger partial charge in [-0.2, -0.15) is 5.26 Å². The van der Waals surface area contributed by atoms with Gasteiger partial charge < -0.3 is 15.8 Å². The van der Waals surface area contributed by atoms with E-state index in [0.29, 0.717) is 17.5 Å². The maximum atomic E-state index is 8.78. The Morgan fingerprint density at radius 2 is 2.50 bits per heavy atom. The van der Waals surface area contributed by atoms with E-state index in [1.165, 1.54) is 0 Å². The van der Waals surface area contributed by atoms with Crippen molar-refractivity contribution < 1.29 is 4.74 Å². The van der Waals surface area contributed by atoms with Crippen molar-refractivity contribution in [3.05, 3.63) is 17.7 Å². The second-order valence-electron chi connectivity index (χ2n) is 4.75. The zero-order valence-electron chi connectivity index (χ0n) is 10.5. The van der Waals surface area contributed by atoms with Gasteiger partial charge in [0.25, 0.3) is 0 Å². The normalized spacial score (nSPS) is 20.3. The van der Waals surface area contributed by atoms with Gasteiger partial charge in [-0.05, 0) is 37.8 Å². The molecule has 1 aliphatic heterocycles. The van der Waals surface area contributed by atoms with Crippen LogP contribution in [-0.4, -0.2) is 24.2 Å². The van der Waals surface area contributed by atoms with Crippen molar-refractivity contribution in [2.45, 2.75) is 25.8 Å². The van der Waals surface area contributed by atoms with Gasteiger partial charge in [-0.25, -0.2) is 4.98 Å². The smallest absolute Gasteiger partial charge is 0.143 e. The van der Waals surface area contributed by atoms with Gasteiger partial charge in [0, 0.05) is 19.3 Å². The Balaban J connectivity index is 1.92. The molecule has 0 aromatic carbocycles. The predicted molar refractivity (Wildman–Crippen MR) is 70.0 cm³/mol. The molecular weight excluding hydrogens is 228 g/mol. The van der Waals surface area contributed by atoms with Crippen molar-refractivity contribution >= 4 is 11.6 Å². The highest BCUT2D eigenvalue weighted by molar-refractivity contribution is 5.53. The molecule has 0 radical (unpaired) electrons. The first-order valence-corrected chi connectivity index (χ1v) is 6.20. The third-order valence-corrected chi connectivity index (χ3v) is 3.15. The molecule has 0 amide bonds. The number of anilines is 2. The van der Waals surface area contributed by atoms with Crippen LogP contribution in [0.2, 0.25) is 0 Å². The summed E-state index contributed by atoms with van der Waals surface area (Å²) in [5, 5.41) is 12.1. The van der Waals surface area contributed by atoms with E-state index in [0.717, 1.165) is 31.9 Å². The van der Waals surface area contributed by atoms with Crippen molar-refractivity contribution in [3.63, 3.8) is 0 Å². The minimum atomic E-state index is 0.277. The van der Waals surface area contributed by atoms with Crippen LogP contribution in [-0.2, 0) is 4.74 Å². The van der Waals surface area contributed by atoms with Crippen molar-refractivity contribution in [1.82, 2.24) is 4.98 Å². The summed E-state index contributed by atoms with van der Waals surface area (Å²) in [7, 11) is 0. The highest BCUT2D eigenvalue weighted by atomic mass is 16.5. The lowest BCUT2D eigenvalue weighted by molar-refractivity contribution is 0.183. The first-order chi connectivity index (χ1) is 8.69. The van der Waals surface area contributed by atoms with E-state index in [1.54, 1.807) is 12.1 Å². The predicted octanol–water partition coefficient (Wildman–Crippen LogP) is 1.76. The zero-order chi connectivity index (χ0) is 13.0. The lowest BCUT2D eigenvalue weighted by Crippen LogP contribution is -2.20. The van der Waals surface area contributed by atoms with Crippen LogP contribution in [0.5, 0.6) is 0 Å². The molecule has 1 fully saturated rings. The van der Waals surface area contributed by atoms with Crippen molar-refractivity contribution in [1.29, 1.82) is 5.26 Å². The van der Waals surface area contributed by atoms with Crippen LogP contribution in [0.3, 0.4) is 0 Å². The minimum absolute atomic E-state index is 0.277. The van der Waals surface area contributed by atoms with Crippen molar-refractivity contribution in [2.75, 3.05) is 24.3 Å². The van der Waals surface area contributed by atoms with Gasteiger partial charge in [0.2, 0.25) is 0 Å². The van der Waals surface area contributed by atoms with Crippen LogP contribution in [0.1, 0.15) is 25.3 Å².